The van der Waals surface area contributed by atoms with Crippen LogP contribution in [0.2, 0.25) is 0 Å². The van der Waals surface area contributed by atoms with Gasteiger partial charge in [0.2, 0.25) is 5.91 Å². The topological polar surface area (TPSA) is 67.2 Å². The summed E-state index contributed by atoms with van der Waals surface area (Å²) in [6.45, 7) is 5.17. The molecule has 0 atom stereocenters. The molecule has 1 aliphatic heterocycles. The zero-order valence-corrected chi connectivity index (χ0v) is 16.9. The first kappa shape index (κ1) is 19.6. The molecule has 6 nitrogen and oxygen atoms in total. The van der Waals surface area contributed by atoms with Crippen molar-refractivity contribution >= 4 is 11.8 Å². The number of nitrogens with zero attached hydrogens (tertiary/aromatic N) is 3. The van der Waals surface area contributed by atoms with Crippen LogP contribution in [0.4, 0.5) is 4.39 Å². The standard InChI is InChI=1S/C22H27FN4O2/c1-14(2)20-19(13-24-27(20)18-7-3-16(23)4-8-18)22(29)26-11-9-15(10-12-26)21(28)25-17-5-6-17/h3-4,7-8,13-15,17H,5-6,9-12H2,1-2H3,(H,25,28). The number of piperidine rings is 1. The monoisotopic (exact) mass is 398 g/mol. The SMILES string of the molecule is CC(C)c1c(C(=O)N2CCC(C(=O)NC3CC3)CC2)cnn1-c1ccc(F)cc1. The number of carbonyl (C=O) groups excluding carboxylic acids is 2. The normalized spacial score (nSPS) is 17.6. The average Bonchev–Trinajstić information content (AvgIpc) is 3.42. The van der Waals surface area contributed by atoms with Crippen molar-refractivity contribution in [1.82, 2.24) is 20.0 Å². The summed E-state index contributed by atoms with van der Waals surface area (Å²) in [7, 11) is 0. The van der Waals surface area contributed by atoms with Gasteiger partial charge >= 0.3 is 0 Å². The molecule has 1 N–H and O–H groups in total. The van der Waals surface area contributed by atoms with E-state index in [9.17, 15) is 14.0 Å². The van der Waals surface area contributed by atoms with Crippen LogP contribution in [-0.4, -0.2) is 45.6 Å². The number of aromatic nitrogens is 2. The van der Waals surface area contributed by atoms with Gasteiger partial charge in [0.25, 0.3) is 5.91 Å². The minimum absolute atomic E-state index is 0.00819. The van der Waals surface area contributed by atoms with Crippen LogP contribution in [-0.2, 0) is 4.79 Å². The maximum atomic E-state index is 13.3. The van der Waals surface area contributed by atoms with Crippen LogP contribution < -0.4 is 5.32 Å². The third-order valence-electron chi connectivity index (χ3n) is 5.73. The van der Waals surface area contributed by atoms with E-state index in [0.717, 1.165) is 24.2 Å². The van der Waals surface area contributed by atoms with Crippen LogP contribution in [0.1, 0.15) is 61.5 Å². The molecule has 0 unspecified atom stereocenters. The number of carbonyl (C=O) groups is 2. The van der Waals surface area contributed by atoms with E-state index in [1.165, 1.54) is 12.1 Å². The van der Waals surface area contributed by atoms with E-state index in [0.29, 0.717) is 37.5 Å². The number of amides is 2. The second-order valence-electron chi connectivity index (χ2n) is 8.34. The van der Waals surface area contributed by atoms with Crippen molar-refractivity contribution in [3.05, 3.63) is 47.5 Å². The highest BCUT2D eigenvalue weighted by molar-refractivity contribution is 5.95. The van der Waals surface area contributed by atoms with E-state index in [1.54, 1.807) is 23.0 Å². The Bertz CT molecular complexity index is 894. The Morgan fingerprint density at radius 1 is 1.10 bits per heavy atom. The van der Waals surface area contributed by atoms with Crippen molar-refractivity contribution in [2.45, 2.75) is 51.5 Å². The summed E-state index contributed by atoms with van der Waals surface area (Å²) in [5.74, 6) is -0.166. The van der Waals surface area contributed by atoms with Crippen molar-refractivity contribution in [2.24, 2.45) is 5.92 Å². The summed E-state index contributed by atoms with van der Waals surface area (Å²) in [6, 6.07) is 6.46. The molecular formula is C22H27FN4O2. The summed E-state index contributed by atoms with van der Waals surface area (Å²) in [5.41, 5.74) is 2.12. The molecule has 1 aliphatic carbocycles. The minimum atomic E-state index is -0.308. The molecule has 2 amide bonds. The Labute approximate surface area is 170 Å². The number of rotatable bonds is 5. The first-order chi connectivity index (χ1) is 13.9. The summed E-state index contributed by atoms with van der Waals surface area (Å²) < 4.78 is 15.0. The Kier molecular flexibility index (Phi) is 5.39. The quantitative estimate of drug-likeness (QED) is 0.841. The smallest absolute Gasteiger partial charge is 0.257 e. The van der Waals surface area contributed by atoms with Gasteiger partial charge in [-0.3, -0.25) is 9.59 Å². The lowest BCUT2D eigenvalue weighted by molar-refractivity contribution is -0.126. The lowest BCUT2D eigenvalue weighted by Gasteiger charge is -2.31. The number of benzene rings is 1. The molecule has 2 fully saturated rings. The molecule has 1 saturated carbocycles. The predicted octanol–water partition coefficient (Wildman–Crippen LogP) is 3.27. The molecule has 7 heteroatoms. The molecule has 154 valence electrons. The molecule has 4 rings (SSSR count). The van der Waals surface area contributed by atoms with E-state index >= 15 is 0 Å². The number of nitrogens with one attached hydrogen (secondary N) is 1. The zero-order chi connectivity index (χ0) is 20.5. The van der Waals surface area contributed by atoms with Crippen LogP contribution in [0.3, 0.4) is 0 Å². The summed E-state index contributed by atoms with van der Waals surface area (Å²) in [5, 5.41) is 7.49. The van der Waals surface area contributed by atoms with Crippen molar-refractivity contribution in [3.63, 3.8) is 0 Å². The largest absolute Gasteiger partial charge is 0.353 e. The maximum Gasteiger partial charge on any atom is 0.257 e. The van der Waals surface area contributed by atoms with Crippen LogP contribution in [0.15, 0.2) is 30.5 Å². The summed E-state index contributed by atoms with van der Waals surface area (Å²) in [4.78, 5) is 27.3. The molecule has 0 spiro atoms. The van der Waals surface area contributed by atoms with E-state index < -0.39 is 0 Å². The molecule has 1 aromatic carbocycles. The highest BCUT2D eigenvalue weighted by atomic mass is 19.1. The average molecular weight is 398 g/mol. The molecule has 2 aliphatic rings. The first-order valence-electron chi connectivity index (χ1n) is 10.4. The van der Waals surface area contributed by atoms with Gasteiger partial charge < -0.3 is 10.2 Å². The molecular weight excluding hydrogens is 371 g/mol. The molecule has 2 heterocycles. The first-order valence-corrected chi connectivity index (χ1v) is 10.4. The van der Waals surface area contributed by atoms with E-state index in [4.69, 9.17) is 0 Å². The molecule has 1 aromatic heterocycles. The second-order valence-corrected chi connectivity index (χ2v) is 8.34. The Morgan fingerprint density at radius 3 is 2.34 bits per heavy atom. The fourth-order valence-corrected chi connectivity index (χ4v) is 3.93. The third-order valence-corrected chi connectivity index (χ3v) is 5.73. The highest BCUT2D eigenvalue weighted by Crippen LogP contribution is 2.27. The van der Waals surface area contributed by atoms with Gasteiger partial charge in [-0.2, -0.15) is 5.10 Å². The lowest BCUT2D eigenvalue weighted by atomic mass is 9.95. The van der Waals surface area contributed by atoms with Crippen molar-refractivity contribution in [1.29, 1.82) is 0 Å². The van der Waals surface area contributed by atoms with E-state index in [-0.39, 0.29) is 29.5 Å². The summed E-state index contributed by atoms with van der Waals surface area (Å²) >= 11 is 0. The lowest BCUT2D eigenvalue weighted by Crippen LogP contribution is -2.43. The second kappa shape index (κ2) is 7.97. The number of halogens is 1. The number of hydrogen-bond acceptors (Lipinski definition) is 3. The van der Waals surface area contributed by atoms with E-state index in [1.807, 2.05) is 18.7 Å². The predicted molar refractivity (Wildman–Crippen MR) is 107 cm³/mol. The minimum Gasteiger partial charge on any atom is -0.353 e. The van der Waals surface area contributed by atoms with Gasteiger partial charge in [0.05, 0.1) is 23.1 Å². The Balaban J connectivity index is 1.48. The maximum absolute atomic E-state index is 13.3. The van der Waals surface area contributed by atoms with Gasteiger partial charge in [0, 0.05) is 25.0 Å². The molecule has 29 heavy (non-hydrogen) atoms. The van der Waals surface area contributed by atoms with Gasteiger partial charge in [0.15, 0.2) is 0 Å². The molecule has 0 bridgehead atoms. The fourth-order valence-electron chi connectivity index (χ4n) is 3.93. The zero-order valence-electron chi connectivity index (χ0n) is 16.9. The van der Waals surface area contributed by atoms with Gasteiger partial charge in [-0.15, -0.1) is 0 Å². The van der Waals surface area contributed by atoms with Gasteiger partial charge in [0.1, 0.15) is 5.82 Å². The Morgan fingerprint density at radius 2 is 1.76 bits per heavy atom. The molecule has 2 aromatic rings. The van der Waals surface area contributed by atoms with Crippen LogP contribution in [0.25, 0.3) is 5.69 Å². The highest BCUT2D eigenvalue weighted by Gasteiger charge is 2.32. The van der Waals surface area contributed by atoms with Crippen molar-refractivity contribution in [2.75, 3.05) is 13.1 Å². The summed E-state index contributed by atoms with van der Waals surface area (Å²) in [6.07, 6.45) is 5.14. The van der Waals surface area contributed by atoms with Crippen LogP contribution in [0.5, 0.6) is 0 Å². The van der Waals surface area contributed by atoms with Crippen molar-refractivity contribution < 1.29 is 14.0 Å². The van der Waals surface area contributed by atoms with Gasteiger partial charge in [-0.25, -0.2) is 9.07 Å². The van der Waals surface area contributed by atoms with Gasteiger partial charge in [-0.05, 0) is 55.9 Å². The van der Waals surface area contributed by atoms with Crippen LogP contribution in [0, 0.1) is 11.7 Å². The fraction of sp³-hybridized carbons (Fsp3) is 0.500. The number of hydrogen-bond donors (Lipinski definition) is 1. The van der Waals surface area contributed by atoms with Crippen molar-refractivity contribution in [3.8, 4) is 5.69 Å². The molecule has 0 radical (unpaired) electrons. The van der Waals surface area contributed by atoms with Gasteiger partial charge in [-0.1, -0.05) is 13.8 Å². The van der Waals surface area contributed by atoms with Crippen LogP contribution >= 0.6 is 0 Å². The Hall–Kier alpha value is -2.70. The third kappa shape index (κ3) is 4.18. The molecule has 1 saturated heterocycles. The van der Waals surface area contributed by atoms with E-state index in [2.05, 4.69) is 10.4 Å². The number of likely N-dealkylation sites (tertiary alicyclic amines) is 1.